The molecule has 0 bridgehead atoms. The smallest absolute Gasteiger partial charge is 0.274 e. The Hall–Kier alpha value is -2.57. The van der Waals surface area contributed by atoms with Crippen molar-refractivity contribution in [3.63, 3.8) is 0 Å². The van der Waals surface area contributed by atoms with Gasteiger partial charge in [0, 0.05) is 18.8 Å². The van der Waals surface area contributed by atoms with Crippen LogP contribution in [0.25, 0.3) is 22.1 Å². The predicted octanol–water partition coefficient (Wildman–Crippen LogP) is 3.54. The van der Waals surface area contributed by atoms with Crippen LogP contribution in [0.2, 0.25) is 0 Å². The van der Waals surface area contributed by atoms with Gasteiger partial charge in [0.25, 0.3) is 5.56 Å². The molecule has 5 rings (SSSR count). The molecule has 2 aromatic heterocycles. The van der Waals surface area contributed by atoms with Gasteiger partial charge in [0.05, 0.1) is 20.6 Å². The Morgan fingerprint density at radius 2 is 1.86 bits per heavy atom. The number of hydrogen-bond acceptors (Lipinski definition) is 5. The van der Waals surface area contributed by atoms with E-state index < -0.39 is 0 Å². The molecule has 2 aromatic carbocycles. The van der Waals surface area contributed by atoms with Crippen molar-refractivity contribution in [2.24, 2.45) is 0 Å². The molecule has 6 heteroatoms. The van der Waals surface area contributed by atoms with Gasteiger partial charge in [0.1, 0.15) is 0 Å². The number of para-hydroxylation sites is 2. The van der Waals surface area contributed by atoms with Crippen LogP contribution < -0.4 is 10.1 Å². The van der Waals surface area contributed by atoms with E-state index in [-0.39, 0.29) is 5.56 Å². The highest BCUT2D eigenvalue weighted by Crippen LogP contribution is 2.27. The lowest BCUT2D eigenvalue weighted by atomic mass is 10.1. The SMILES string of the molecule is O=c1/c(=C/C=C2\SCCN2CCc2ccccc2)sc2nc3ccccc3n12. The van der Waals surface area contributed by atoms with Crippen LogP contribution in [0.4, 0.5) is 0 Å². The van der Waals surface area contributed by atoms with E-state index in [2.05, 4.69) is 46.3 Å². The lowest BCUT2D eigenvalue weighted by Crippen LogP contribution is -2.23. The fourth-order valence-electron chi connectivity index (χ4n) is 3.52. The summed E-state index contributed by atoms with van der Waals surface area (Å²) >= 11 is 3.31. The van der Waals surface area contributed by atoms with E-state index in [1.165, 1.54) is 21.9 Å². The van der Waals surface area contributed by atoms with Crippen molar-refractivity contribution in [1.82, 2.24) is 14.3 Å². The number of allylic oxidation sites excluding steroid dienone is 1. The van der Waals surface area contributed by atoms with E-state index in [1.54, 1.807) is 4.40 Å². The number of thiazole rings is 1. The summed E-state index contributed by atoms with van der Waals surface area (Å²) in [4.78, 5) is 20.6. The highest BCUT2D eigenvalue weighted by Gasteiger charge is 2.17. The third-order valence-electron chi connectivity index (χ3n) is 4.96. The zero-order chi connectivity index (χ0) is 18.9. The van der Waals surface area contributed by atoms with Gasteiger partial charge < -0.3 is 4.90 Å². The highest BCUT2D eigenvalue weighted by atomic mass is 32.2. The van der Waals surface area contributed by atoms with E-state index in [0.717, 1.165) is 45.8 Å². The molecule has 28 heavy (non-hydrogen) atoms. The molecule has 1 fully saturated rings. The first-order valence-electron chi connectivity index (χ1n) is 9.33. The Kier molecular flexibility index (Phi) is 4.66. The Morgan fingerprint density at radius 1 is 1.04 bits per heavy atom. The molecule has 3 heterocycles. The number of hydrogen-bond donors (Lipinski definition) is 0. The van der Waals surface area contributed by atoms with Crippen LogP contribution in [0.1, 0.15) is 5.56 Å². The second kappa shape index (κ2) is 7.45. The molecule has 0 amide bonds. The summed E-state index contributed by atoms with van der Waals surface area (Å²) in [6.45, 7) is 2.05. The summed E-state index contributed by atoms with van der Waals surface area (Å²) in [6, 6.07) is 18.4. The van der Waals surface area contributed by atoms with Gasteiger partial charge in [0.15, 0.2) is 4.96 Å². The fourth-order valence-corrected chi connectivity index (χ4v) is 5.50. The minimum Gasteiger partial charge on any atom is -0.365 e. The third-order valence-corrected chi connectivity index (χ3v) is 7.02. The molecule has 1 aliphatic rings. The summed E-state index contributed by atoms with van der Waals surface area (Å²) in [7, 11) is 0. The van der Waals surface area contributed by atoms with E-state index >= 15 is 0 Å². The monoisotopic (exact) mass is 405 g/mol. The van der Waals surface area contributed by atoms with Crippen LogP contribution in [0.3, 0.4) is 0 Å². The van der Waals surface area contributed by atoms with E-state index in [0.29, 0.717) is 0 Å². The Labute approximate surface area is 170 Å². The van der Waals surface area contributed by atoms with Gasteiger partial charge in [-0.15, -0.1) is 11.8 Å². The van der Waals surface area contributed by atoms with Crippen molar-refractivity contribution >= 4 is 45.2 Å². The molecular formula is C22H19N3OS2. The molecule has 0 unspecified atom stereocenters. The number of aromatic nitrogens is 2. The molecule has 4 nitrogen and oxygen atoms in total. The largest absolute Gasteiger partial charge is 0.365 e. The highest BCUT2D eigenvalue weighted by molar-refractivity contribution is 8.03. The average Bonchev–Trinajstić information content (AvgIpc) is 3.40. The summed E-state index contributed by atoms with van der Waals surface area (Å²) in [5.74, 6) is 1.09. The topological polar surface area (TPSA) is 37.6 Å². The van der Waals surface area contributed by atoms with Crippen molar-refractivity contribution in [3.8, 4) is 0 Å². The maximum absolute atomic E-state index is 12.9. The second-order valence-corrected chi connectivity index (χ2v) is 8.86. The van der Waals surface area contributed by atoms with Crippen LogP contribution in [-0.2, 0) is 6.42 Å². The average molecular weight is 406 g/mol. The van der Waals surface area contributed by atoms with Gasteiger partial charge in [-0.2, -0.15) is 0 Å². The van der Waals surface area contributed by atoms with Crippen molar-refractivity contribution in [1.29, 1.82) is 0 Å². The maximum atomic E-state index is 12.9. The lowest BCUT2D eigenvalue weighted by molar-refractivity contribution is 0.407. The maximum Gasteiger partial charge on any atom is 0.274 e. The van der Waals surface area contributed by atoms with Crippen LogP contribution in [0, 0.1) is 0 Å². The van der Waals surface area contributed by atoms with Gasteiger partial charge >= 0.3 is 0 Å². The first-order valence-corrected chi connectivity index (χ1v) is 11.1. The predicted molar refractivity (Wildman–Crippen MR) is 119 cm³/mol. The Morgan fingerprint density at radius 3 is 2.75 bits per heavy atom. The number of fused-ring (bicyclic) bond motifs is 3. The molecule has 1 aliphatic heterocycles. The zero-order valence-electron chi connectivity index (χ0n) is 15.2. The third kappa shape index (κ3) is 3.23. The van der Waals surface area contributed by atoms with Crippen molar-refractivity contribution in [2.45, 2.75) is 6.42 Å². The molecule has 0 atom stereocenters. The van der Waals surface area contributed by atoms with Crippen LogP contribution in [-0.4, -0.2) is 33.1 Å². The molecule has 0 saturated carbocycles. The van der Waals surface area contributed by atoms with E-state index in [4.69, 9.17) is 0 Å². The Bertz CT molecular complexity index is 1270. The van der Waals surface area contributed by atoms with Crippen LogP contribution >= 0.6 is 23.1 Å². The fraction of sp³-hybridized carbons (Fsp3) is 0.182. The van der Waals surface area contributed by atoms with Crippen molar-refractivity contribution < 1.29 is 0 Å². The number of rotatable bonds is 4. The summed E-state index contributed by atoms with van der Waals surface area (Å²) in [6.07, 6.45) is 5.08. The van der Waals surface area contributed by atoms with Crippen molar-refractivity contribution in [2.75, 3.05) is 18.8 Å². The molecule has 0 N–H and O–H groups in total. The molecular weight excluding hydrogens is 386 g/mol. The summed E-state index contributed by atoms with van der Waals surface area (Å²) < 4.78 is 2.45. The first kappa shape index (κ1) is 17.5. The minimum absolute atomic E-state index is 0.0179. The number of nitrogens with zero attached hydrogens (tertiary/aromatic N) is 3. The summed E-state index contributed by atoms with van der Waals surface area (Å²) in [5.41, 5.74) is 3.13. The van der Waals surface area contributed by atoms with E-state index in [9.17, 15) is 4.79 Å². The van der Waals surface area contributed by atoms with Gasteiger partial charge in [0.2, 0.25) is 0 Å². The van der Waals surface area contributed by atoms with Crippen molar-refractivity contribution in [3.05, 3.63) is 86.2 Å². The first-order chi connectivity index (χ1) is 13.8. The molecule has 4 aromatic rings. The molecule has 0 spiro atoms. The van der Waals surface area contributed by atoms with Gasteiger partial charge in [-0.3, -0.25) is 4.79 Å². The molecule has 0 aliphatic carbocycles. The van der Waals surface area contributed by atoms with Gasteiger partial charge in [-0.1, -0.05) is 53.8 Å². The zero-order valence-corrected chi connectivity index (χ0v) is 16.9. The lowest BCUT2D eigenvalue weighted by Gasteiger charge is -2.18. The quantitative estimate of drug-likeness (QED) is 0.521. The summed E-state index contributed by atoms with van der Waals surface area (Å²) in [5, 5.41) is 1.24. The number of thioether (sulfide) groups is 1. The molecule has 1 saturated heterocycles. The van der Waals surface area contributed by atoms with E-state index in [1.807, 2.05) is 42.1 Å². The number of imidazole rings is 1. The van der Waals surface area contributed by atoms with Gasteiger partial charge in [-0.25, -0.2) is 9.38 Å². The standard InChI is InChI=1S/C22H19N3OS2/c26-21-19(28-22-23-17-8-4-5-9-18(17)25(21)22)10-11-20-24(14-15-27-20)13-12-16-6-2-1-3-7-16/h1-11H,12-15H2/b19-10-,20-11-. The number of benzene rings is 2. The Balaban J connectivity index is 1.43. The van der Waals surface area contributed by atoms with Crippen LogP contribution in [0.5, 0.6) is 0 Å². The van der Waals surface area contributed by atoms with Crippen LogP contribution in [0.15, 0.2) is 70.5 Å². The van der Waals surface area contributed by atoms with Gasteiger partial charge in [-0.05, 0) is 36.3 Å². The normalized spacial score (nSPS) is 16.8. The second-order valence-electron chi connectivity index (χ2n) is 6.73. The molecule has 140 valence electrons. The minimum atomic E-state index is 0.0179. The molecule has 0 radical (unpaired) electrons.